The van der Waals surface area contributed by atoms with Crippen molar-refractivity contribution in [3.8, 4) is 12.1 Å². The molecule has 8 heteroatoms. The van der Waals surface area contributed by atoms with Crippen molar-refractivity contribution in [2.24, 2.45) is 11.3 Å². The Kier molecular flexibility index (Phi) is 5.67. The van der Waals surface area contributed by atoms with Crippen LogP contribution in [-0.4, -0.2) is 17.6 Å². The van der Waals surface area contributed by atoms with Gasteiger partial charge in [0.2, 0.25) is 11.8 Å². The molecule has 1 aliphatic rings. The van der Waals surface area contributed by atoms with E-state index in [0.717, 1.165) is 22.7 Å². The van der Waals surface area contributed by atoms with Gasteiger partial charge in [-0.3, -0.25) is 9.59 Å². The standard InChI is InChI=1S/C21H20N4O3S/c1-12(17-8-13-6-4-5-7-16(13)28-17)24-18(26)11-29-20-15(10-23)21(2,3)14(9-22)19(27)25-20/h4-8,12,14H,11H2,1-3H3,(H,24,26)(H,25,27)/t12-,14+/m0/s1. The number of carbonyl (C=O) groups is 2. The van der Waals surface area contributed by atoms with E-state index in [9.17, 15) is 20.1 Å². The van der Waals surface area contributed by atoms with Gasteiger partial charge in [0, 0.05) is 10.8 Å². The number of nitrogens with zero attached hydrogens (tertiary/aromatic N) is 2. The smallest absolute Gasteiger partial charge is 0.243 e. The Labute approximate surface area is 172 Å². The van der Waals surface area contributed by atoms with Crippen LogP contribution in [0.4, 0.5) is 0 Å². The molecule has 0 unspecified atom stereocenters. The highest BCUT2D eigenvalue weighted by Gasteiger charge is 2.44. The summed E-state index contributed by atoms with van der Waals surface area (Å²) in [5.41, 5.74) is 0.124. The van der Waals surface area contributed by atoms with Crippen LogP contribution in [0.2, 0.25) is 0 Å². The molecule has 2 atom stereocenters. The highest BCUT2D eigenvalue weighted by Crippen LogP contribution is 2.41. The molecule has 0 spiro atoms. The molecule has 0 saturated carbocycles. The van der Waals surface area contributed by atoms with Gasteiger partial charge in [-0.25, -0.2) is 0 Å². The number of nitrogens with one attached hydrogen (secondary N) is 2. The zero-order valence-corrected chi connectivity index (χ0v) is 17.1. The number of benzene rings is 1. The fraction of sp³-hybridized carbons (Fsp3) is 0.333. The van der Waals surface area contributed by atoms with E-state index in [1.165, 1.54) is 0 Å². The fourth-order valence-electron chi connectivity index (χ4n) is 3.24. The molecule has 2 heterocycles. The number of thioether (sulfide) groups is 1. The van der Waals surface area contributed by atoms with Crippen molar-refractivity contribution in [2.45, 2.75) is 26.8 Å². The first-order valence-electron chi connectivity index (χ1n) is 9.04. The molecule has 2 amide bonds. The number of allylic oxidation sites excluding steroid dienone is 1. The molecule has 0 aliphatic carbocycles. The predicted octanol–water partition coefficient (Wildman–Crippen LogP) is 3.37. The van der Waals surface area contributed by atoms with Crippen LogP contribution in [-0.2, 0) is 9.59 Å². The molecule has 1 aromatic carbocycles. The maximum Gasteiger partial charge on any atom is 0.243 e. The number of fused-ring (bicyclic) bond motifs is 1. The molecule has 7 nitrogen and oxygen atoms in total. The summed E-state index contributed by atoms with van der Waals surface area (Å²) in [5.74, 6) is -1.02. The normalized spacial score (nSPS) is 19.2. The molecular formula is C21H20N4O3S. The van der Waals surface area contributed by atoms with Gasteiger partial charge < -0.3 is 15.1 Å². The highest BCUT2D eigenvalue weighted by molar-refractivity contribution is 8.03. The van der Waals surface area contributed by atoms with E-state index in [2.05, 4.69) is 16.7 Å². The molecule has 148 valence electrons. The van der Waals surface area contributed by atoms with Gasteiger partial charge in [-0.2, -0.15) is 10.5 Å². The van der Waals surface area contributed by atoms with Crippen LogP contribution in [0.5, 0.6) is 0 Å². The van der Waals surface area contributed by atoms with Crippen LogP contribution in [0, 0.1) is 34.0 Å². The summed E-state index contributed by atoms with van der Waals surface area (Å²) in [7, 11) is 0. The maximum atomic E-state index is 12.4. The Morgan fingerprint density at radius 2 is 2.10 bits per heavy atom. The van der Waals surface area contributed by atoms with E-state index in [-0.39, 0.29) is 17.7 Å². The van der Waals surface area contributed by atoms with Gasteiger partial charge in [0.25, 0.3) is 0 Å². The second kappa shape index (κ2) is 8.02. The van der Waals surface area contributed by atoms with Gasteiger partial charge in [0.15, 0.2) is 0 Å². The number of hydrogen-bond acceptors (Lipinski definition) is 6. The summed E-state index contributed by atoms with van der Waals surface area (Å²) in [6.07, 6.45) is 0. The first kappa shape index (κ1) is 20.5. The van der Waals surface area contributed by atoms with E-state index >= 15 is 0 Å². The van der Waals surface area contributed by atoms with Gasteiger partial charge in [-0.05, 0) is 19.1 Å². The SMILES string of the molecule is C[C@H](NC(=O)CSC1=C(C#N)C(C)(C)[C@H](C#N)C(=O)N1)c1cc2ccccc2o1. The van der Waals surface area contributed by atoms with E-state index < -0.39 is 17.2 Å². The summed E-state index contributed by atoms with van der Waals surface area (Å²) in [6.45, 7) is 5.19. The first-order valence-corrected chi connectivity index (χ1v) is 10.0. The average molecular weight is 408 g/mol. The molecule has 3 rings (SSSR count). The topological polar surface area (TPSA) is 119 Å². The van der Waals surface area contributed by atoms with Crippen molar-refractivity contribution < 1.29 is 14.0 Å². The lowest BCUT2D eigenvalue weighted by molar-refractivity contribution is -0.125. The summed E-state index contributed by atoms with van der Waals surface area (Å²) in [5, 5.41) is 25.5. The van der Waals surface area contributed by atoms with Crippen LogP contribution in [0.25, 0.3) is 11.0 Å². The third kappa shape index (κ3) is 3.98. The number of amides is 2. The molecule has 0 fully saturated rings. The second-order valence-corrected chi connectivity index (χ2v) is 8.34. The molecule has 1 aromatic heterocycles. The van der Waals surface area contributed by atoms with Crippen LogP contribution in [0.15, 0.2) is 45.4 Å². The van der Waals surface area contributed by atoms with Crippen LogP contribution >= 0.6 is 11.8 Å². The van der Waals surface area contributed by atoms with E-state index in [1.54, 1.807) is 13.8 Å². The predicted molar refractivity (Wildman–Crippen MR) is 109 cm³/mol. The van der Waals surface area contributed by atoms with Crippen molar-refractivity contribution in [3.63, 3.8) is 0 Å². The number of hydrogen-bond donors (Lipinski definition) is 2. The Hall–Kier alpha value is -3.23. The molecular weight excluding hydrogens is 388 g/mol. The number of rotatable bonds is 5. The minimum atomic E-state index is -0.955. The van der Waals surface area contributed by atoms with E-state index in [1.807, 2.05) is 43.3 Å². The summed E-state index contributed by atoms with van der Waals surface area (Å²) in [4.78, 5) is 24.6. The van der Waals surface area contributed by atoms with Crippen LogP contribution < -0.4 is 10.6 Å². The lowest BCUT2D eigenvalue weighted by atomic mass is 9.72. The van der Waals surface area contributed by atoms with Gasteiger partial charge >= 0.3 is 0 Å². The van der Waals surface area contributed by atoms with E-state index in [4.69, 9.17) is 4.42 Å². The minimum absolute atomic E-state index is 0.0126. The molecule has 2 aromatic rings. The Bertz CT molecular complexity index is 1050. The molecule has 0 saturated heterocycles. The van der Waals surface area contributed by atoms with Gasteiger partial charge in [0.1, 0.15) is 17.3 Å². The Balaban J connectivity index is 1.68. The number of carbonyl (C=O) groups excluding carboxylic acids is 2. The third-order valence-electron chi connectivity index (χ3n) is 4.93. The third-order valence-corrected chi connectivity index (χ3v) is 5.93. The molecule has 0 radical (unpaired) electrons. The highest BCUT2D eigenvalue weighted by atomic mass is 32.2. The molecule has 2 N–H and O–H groups in total. The summed E-state index contributed by atoms with van der Waals surface area (Å²) < 4.78 is 5.76. The van der Waals surface area contributed by atoms with Crippen LogP contribution in [0.1, 0.15) is 32.6 Å². The Morgan fingerprint density at radius 1 is 1.38 bits per heavy atom. The quantitative estimate of drug-likeness (QED) is 0.783. The number of furan rings is 1. The molecule has 29 heavy (non-hydrogen) atoms. The second-order valence-electron chi connectivity index (χ2n) is 7.35. The number of para-hydroxylation sites is 1. The first-order chi connectivity index (χ1) is 13.8. The number of nitriles is 2. The lowest BCUT2D eigenvalue weighted by Crippen LogP contribution is -2.44. The van der Waals surface area contributed by atoms with Crippen molar-refractivity contribution >= 4 is 34.5 Å². The van der Waals surface area contributed by atoms with Crippen molar-refractivity contribution in [3.05, 3.63) is 46.7 Å². The largest absolute Gasteiger partial charge is 0.459 e. The van der Waals surface area contributed by atoms with E-state index in [0.29, 0.717) is 16.4 Å². The van der Waals surface area contributed by atoms with Gasteiger partial charge in [-0.1, -0.05) is 43.8 Å². The Morgan fingerprint density at radius 3 is 2.76 bits per heavy atom. The molecule has 1 aliphatic heterocycles. The van der Waals surface area contributed by atoms with Crippen LogP contribution in [0.3, 0.4) is 0 Å². The summed E-state index contributed by atoms with van der Waals surface area (Å²) >= 11 is 1.07. The van der Waals surface area contributed by atoms with Gasteiger partial charge in [0.05, 0.1) is 34.5 Å². The molecule has 0 bridgehead atoms. The average Bonchev–Trinajstić information content (AvgIpc) is 3.10. The van der Waals surface area contributed by atoms with Crippen molar-refractivity contribution in [1.82, 2.24) is 10.6 Å². The monoisotopic (exact) mass is 408 g/mol. The zero-order chi connectivity index (χ0) is 21.2. The summed E-state index contributed by atoms with van der Waals surface area (Å²) in [6, 6.07) is 13.2. The van der Waals surface area contributed by atoms with Crippen molar-refractivity contribution in [1.29, 1.82) is 10.5 Å². The van der Waals surface area contributed by atoms with Crippen molar-refractivity contribution in [2.75, 3.05) is 5.75 Å². The lowest BCUT2D eigenvalue weighted by Gasteiger charge is -2.34. The minimum Gasteiger partial charge on any atom is -0.459 e. The maximum absolute atomic E-state index is 12.4. The van der Waals surface area contributed by atoms with Gasteiger partial charge in [-0.15, -0.1) is 0 Å². The zero-order valence-electron chi connectivity index (χ0n) is 16.3. The fourth-order valence-corrected chi connectivity index (χ4v) is 4.23.